The van der Waals surface area contributed by atoms with E-state index in [0.717, 1.165) is 25.0 Å². The van der Waals surface area contributed by atoms with E-state index in [-0.39, 0.29) is 23.2 Å². The first-order valence-corrected chi connectivity index (χ1v) is 9.23. The molecule has 6 nitrogen and oxygen atoms in total. The van der Waals surface area contributed by atoms with Crippen LogP contribution in [0.25, 0.3) is 0 Å². The van der Waals surface area contributed by atoms with Crippen molar-refractivity contribution in [2.45, 2.75) is 45.3 Å². The van der Waals surface area contributed by atoms with Crippen LogP contribution in [0.3, 0.4) is 0 Å². The molecule has 9 heteroatoms. The van der Waals surface area contributed by atoms with Gasteiger partial charge in [-0.25, -0.2) is 9.59 Å². The zero-order valence-corrected chi connectivity index (χ0v) is 16.3. The molecule has 1 aliphatic heterocycles. The largest absolute Gasteiger partial charge is 0.416 e. The number of carbonyl (C=O) groups excluding carboxylic acids is 2. The topological polar surface area (TPSA) is 73.5 Å². The molecule has 0 bridgehead atoms. The van der Waals surface area contributed by atoms with Crippen molar-refractivity contribution in [3.05, 3.63) is 29.8 Å². The highest BCUT2D eigenvalue weighted by Gasteiger charge is 2.30. The van der Waals surface area contributed by atoms with Crippen molar-refractivity contribution in [3.8, 4) is 0 Å². The summed E-state index contributed by atoms with van der Waals surface area (Å²) in [5.41, 5.74) is -1.02. The molecule has 1 aliphatic rings. The number of urea groups is 2. The molecule has 1 aromatic carbocycles. The highest BCUT2D eigenvalue weighted by atomic mass is 19.4. The highest BCUT2D eigenvalue weighted by molar-refractivity contribution is 5.89. The fourth-order valence-corrected chi connectivity index (χ4v) is 2.93. The van der Waals surface area contributed by atoms with Gasteiger partial charge in [0, 0.05) is 30.9 Å². The maximum Gasteiger partial charge on any atom is 0.416 e. The first kappa shape index (κ1) is 21.8. The van der Waals surface area contributed by atoms with Crippen molar-refractivity contribution in [1.82, 2.24) is 15.5 Å². The second-order valence-electron chi connectivity index (χ2n) is 8.02. The number of piperidine rings is 1. The van der Waals surface area contributed by atoms with Crippen LogP contribution in [0.4, 0.5) is 28.4 Å². The summed E-state index contributed by atoms with van der Waals surface area (Å²) < 4.78 is 38.1. The Morgan fingerprint density at radius 1 is 1.14 bits per heavy atom. The van der Waals surface area contributed by atoms with Crippen LogP contribution in [0, 0.1) is 5.92 Å². The van der Waals surface area contributed by atoms with Crippen molar-refractivity contribution in [2.75, 3.05) is 25.0 Å². The quantitative estimate of drug-likeness (QED) is 0.716. The van der Waals surface area contributed by atoms with E-state index in [1.807, 2.05) is 20.8 Å². The Kier molecular flexibility index (Phi) is 6.79. The minimum atomic E-state index is -4.46. The summed E-state index contributed by atoms with van der Waals surface area (Å²) in [6.45, 7) is 7.37. The van der Waals surface area contributed by atoms with Gasteiger partial charge in [-0.1, -0.05) is 6.07 Å². The minimum Gasteiger partial charge on any atom is -0.338 e. The van der Waals surface area contributed by atoms with Gasteiger partial charge in [0.25, 0.3) is 0 Å². The molecule has 0 aromatic heterocycles. The summed E-state index contributed by atoms with van der Waals surface area (Å²) in [7, 11) is 0. The van der Waals surface area contributed by atoms with Crippen molar-refractivity contribution in [1.29, 1.82) is 0 Å². The fraction of sp³-hybridized carbons (Fsp3) is 0.579. The molecule has 0 radical (unpaired) electrons. The number of halogens is 3. The van der Waals surface area contributed by atoms with Gasteiger partial charge in [0.05, 0.1) is 5.56 Å². The van der Waals surface area contributed by atoms with Crippen molar-refractivity contribution in [3.63, 3.8) is 0 Å². The van der Waals surface area contributed by atoms with E-state index in [2.05, 4.69) is 16.0 Å². The Bertz CT molecular complexity index is 693. The molecule has 0 saturated carbocycles. The SMILES string of the molecule is CC(C)(C)NC(=O)N1CCC(CNC(=O)Nc2cccc(C(F)(F)F)c2)CC1. The summed E-state index contributed by atoms with van der Waals surface area (Å²) in [6, 6.07) is 3.85. The predicted octanol–water partition coefficient (Wildman–Crippen LogP) is 4.05. The highest BCUT2D eigenvalue weighted by Crippen LogP contribution is 2.30. The van der Waals surface area contributed by atoms with Gasteiger partial charge >= 0.3 is 18.2 Å². The number of hydrogen-bond donors (Lipinski definition) is 3. The maximum atomic E-state index is 12.7. The van der Waals surface area contributed by atoms with Gasteiger partial charge in [-0.2, -0.15) is 13.2 Å². The fourth-order valence-electron chi connectivity index (χ4n) is 2.93. The molecule has 0 unspecified atom stereocenters. The smallest absolute Gasteiger partial charge is 0.338 e. The molecule has 0 aliphatic carbocycles. The number of anilines is 1. The van der Waals surface area contributed by atoms with Gasteiger partial charge in [0.1, 0.15) is 0 Å². The number of rotatable bonds is 3. The van der Waals surface area contributed by atoms with E-state index in [4.69, 9.17) is 0 Å². The van der Waals surface area contributed by atoms with E-state index >= 15 is 0 Å². The summed E-state index contributed by atoms with van der Waals surface area (Å²) >= 11 is 0. The summed E-state index contributed by atoms with van der Waals surface area (Å²) in [4.78, 5) is 25.9. The number of alkyl halides is 3. The monoisotopic (exact) mass is 400 g/mol. The lowest BCUT2D eigenvalue weighted by atomic mass is 9.97. The first-order valence-electron chi connectivity index (χ1n) is 9.23. The van der Waals surface area contributed by atoms with Gasteiger partial charge in [-0.3, -0.25) is 0 Å². The van der Waals surface area contributed by atoms with Crippen LogP contribution in [-0.4, -0.2) is 42.1 Å². The number of nitrogens with one attached hydrogen (secondary N) is 3. The number of likely N-dealkylation sites (tertiary alicyclic amines) is 1. The summed E-state index contributed by atoms with van der Waals surface area (Å²) in [5, 5.41) is 8.04. The second-order valence-corrected chi connectivity index (χ2v) is 8.02. The zero-order valence-electron chi connectivity index (χ0n) is 16.3. The van der Waals surface area contributed by atoms with Gasteiger partial charge < -0.3 is 20.9 Å². The van der Waals surface area contributed by atoms with Gasteiger partial charge in [0.15, 0.2) is 0 Å². The van der Waals surface area contributed by atoms with Crippen LogP contribution in [0.5, 0.6) is 0 Å². The lowest BCUT2D eigenvalue weighted by molar-refractivity contribution is -0.137. The Labute approximate surface area is 162 Å². The first-order chi connectivity index (χ1) is 12.9. The molecule has 1 aromatic rings. The van der Waals surface area contributed by atoms with E-state index in [1.165, 1.54) is 12.1 Å². The van der Waals surface area contributed by atoms with Crippen LogP contribution in [-0.2, 0) is 6.18 Å². The molecule has 1 heterocycles. The third kappa shape index (κ3) is 6.94. The van der Waals surface area contributed by atoms with Crippen LogP contribution in [0.1, 0.15) is 39.2 Å². The van der Waals surface area contributed by atoms with Crippen molar-refractivity contribution < 1.29 is 22.8 Å². The second kappa shape index (κ2) is 8.70. The van der Waals surface area contributed by atoms with E-state index in [1.54, 1.807) is 4.90 Å². The van der Waals surface area contributed by atoms with E-state index in [9.17, 15) is 22.8 Å². The molecule has 4 amide bonds. The molecule has 156 valence electrons. The van der Waals surface area contributed by atoms with Gasteiger partial charge in [0.2, 0.25) is 0 Å². The Morgan fingerprint density at radius 2 is 1.79 bits per heavy atom. The zero-order chi connectivity index (χ0) is 20.9. The number of benzene rings is 1. The van der Waals surface area contributed by atoms with Crippen molar-refractivity contribution in [2.24, 2.45) is 5.92 Å². The number of amides is 4. The molecule has 0 spiro atoms. The lowest BCUT2D eigenvalue weighted by Crippen LogP contribution is -2.51. The normalized spacial score (nSPS) is 15.9. The molecule has 0 atom stereocenters. The third-order valence-corrected chi connectivity index (χ3v) is 4.38. The summed E-state index contributed by atoms with van der Waals surface area (Å²) in [5.74, 6) is 0.214. The number of hydrogen-bond acceptors (Lipinski definition) is 2. The van der Waals surface area contributed by atoms with Gasteiger partial charge in [-0.05, 0) is 57.7 Å². The third-order valence-electron chi connectivity index (χ3n) is 4.38. The van der Waals surface area contributed by atoms with E-state index < -0.39 is 17.8 Å². The molecule has 1 fully saturated rings. The Morgan fingerprint density at radius 3 is 2.36 bits per heavy atom. The molecular formula is C19H27F3N4O2. The average molecular weight is 400 g/mol. The van der Waals surface area contributed by atoms with Crippen molar-refractivity contribution >= 4 is 17.7 Å². The van der Waals surface area contributed by atoms with E-state index in [0.29, 0.717) is 19.6 Å². The molecule has 2 rings (SSSR count). The molecule has 3 N–H and O–H groups in total. The molecule has 1 saturated heterocycles. The van der Waals surface area contributed by atoms with Crippen LogP contribution >= 0.6 is 0 Å². The average Bonchev–Trinajstić information content (AvgIpc) is 2.58. The Hall–Kier alpha value is -2.45. The predicted molar refractivity (Wildman–Crippen MR) is 101 cm³/mol. The lowest BCUT2D eigenvalue weighted by Gasteiger charge is -2.34. The molecule has 28 heavy (non-hydrogen) atoms. The number of carbonyl (C=O) groups is 2. The summed E-state index contributed by atoms with van der Waals surface area (Å²) in [6.07, 6.45) is -2.95. The Balaban J connectivity index is 1.75. The van der Waals surface area contributed by atoms with Gasteiger partial charge in [-0.15, -0.1) is 0 Å². The van der Waals surface area contributed by atoms with Crippen LogP contribution < -0.4 is 16.0 Å². The van der Waals surface area contributed by atoms with Crippen LogP contribution in [0.15, 0.2) is 24.3 Å². The van der Waals surface area contributed by atoms with Crippen LogP contribution in [0.2, 0.25) is 0 Å². The molecular weight excluding hydrogens is 373 g/mol. The maximum absolute atomic E-state index is 12.7. The minimum absolute atomic E-state index is 0.0843. The number of nitrogens with zero attached hydrogens (tertiary/aromatic N) is 1. The standard InChI is InChI=1S/C19H27F3N4O2/c1-18(2,3)25-17(28)26-9-7-13(8-10-26)12-23-16(27)24-15-6-4-5-14(11-15)19(20,21)22/h4-6,11,13H,7-10,12H2,1-3H3,(H,25,28)(H2,23,24,27).